The van der Waals surface area contributed by atoms with Gasteiger partial charge in [0.1, 0.15) is 0 Å². The number of hydrogen-bond donors (Lipinski definition) is 0. The summed E-state index contributed by atoms with van der Waals surface area (Å²) in [6.07, 6.45) is 4.70. The number of fused-ring (bicyclic) bond motifs is 1. The zero-order valence-electron chi connectivity index (χ0n) is 14.7. The van der Waals surface area contributed by atoms with Gasteiger partial charge in [0, 0.05) is 31.6 Å². The van der Waals surface area contributed by atoms with Crippen LogP contribution in [-0.2, 0) is 24.7 Å². The predicted octanol–water partition coefficient (Wildman–Crippen LogP) is 3.05. The van der Waals surface area contributed by atoms with E-state index in [-0.39, 0.29) is 12.0 Å². The minimum Gasteiger partial charge on any atom is -0.335 e. The second-order valence-corrected chi connectivity index (χ2v) is 7.50. The fourth-order valence-electron chi connectivity index (χ4n) is 4.28. The molecule has 24 heavy (non-hydrogen) atoms. The summed E-state index contributed by atoms with van der Waals surface area (Å²) in [5.74, 6) is 0.964. The van der Waals surface area contributed by atoms with Gasteiger partial charge in [-0.1, -0.05) is 36.8 Å². The maximum absolute atomic E-state index is 13.1. The van der Waals surface area contributed by atoms with Gasteiger partial charge < -0.3 is 4.90 Å². The lowest BCUT2D eigenvalue weighted by molar-refractivity contribution is -0.148. The van der Waals surface area contributed by atoms with Gasteiger partial charge in [0.05, 0.1) is 12.2 Å². The molecule has 0 saturated carbocycles. The van der Waals surface area contributed by atoms with Gasteiger partial charge in [0.15, 0.2) is 0 Å². The number of aromatic nitrogens is 2. The molecule has 3 unspecified atom stereocenters. The molecule has 3 atom stereocenters. The zero-order chi connectivity index (χ0) is 16.8. The van der Waals surface area contributed by atoms with Crippen molar-refractivity contribution in [1.82, 2.24) is 14.7 Å². The Morgan fingerprint density at radius 1 is 1.25 bits per heavy atom. The molecule has 1 aromatic carbocycles. The molecule has 1 aromatic heterocycles. The third kappa shape index (κ3) is 2.45. The Hall–Kier alpha value is -2.10. The van der Waals surface area contributed by atoms with Gasteiger partial charge in [0.25, 0.3) is 0 Å². The van der Waals surface area contributed by atoms with Crippen LogP contribution in [0.3, 0.4) is 0 Å². The summed E-state index contributed by atoms with van der Waals surface area (Å²) in [7, 11) is 1.98. The molecule has 0 N–H and O–H groups in total. The molecule has 126 valence electrons. The number of aryl methyl sites for hydroxylation is 3. The second kappa shape index (κ2) is 5.76. The largest absolute Gasteiger partial charge is 0.335 e. The van der Waals surface area contributed by atoms with E-state index in [0.29, 0.717) is 11.8 Å². The molecule has 1 aliphatic heterocycles. The van der Waals surface area contributed by atoms with E-state index in [9.17, 15) is 4.79 Å². The topological polar surface area (TPSA) is 38.1 Å². The van der Waals surface area contributed by atoms with Gasteiger partial charge in [-0.2, -0.15) is 5.10 Å². The van der Waals surface area contributed by atoms with Crippen molar-refractivity contribution in [2.45, 2.75) is 39.2 Å². The van der Waals surface area contributed by atoms with Crippen LogP contribution in [0.5, 0.6) is 0 Å². The summed E-state index contributed by atoms with van der Waals surface area (Å²) in [5, 5.41) is 4.35. The van der Waals surface area contributed by atoms with Crippen molar-refractivity contribution < 1.29 is 4.79 Å². The number of rotatable bonds is 2. The van der Waals surface area contributed by atoms with Crippen molar-refractivity contribution >= 4 is 5.91 Å². The summed E-state index contributed by atoms with van der Waals surface area (Å²) in [6, 6.07) is 8.88. The smallest absolute Gasteiger partial charge is 0.226 e. The lowest BCUT2D eigenvalue weighted by atomic mass is 9.80. The van der Waals surface area contributed by atoms with E-state index < -0.39 is 0 Å². The Kier molecular flexibility index (Phi) is 3.70. The standard InChI is InChI=1S/C20H25N3O/c1-13-4-6-15(7-5-13)19-14(2)12-23(19)20(24)16-8-9-17-11-21-22(3)18(17)10-16/h4-7,11,14,16,19H,8-10,12H2,1-3H3. The molecule has 4 nitrogen and oxygen atoms in total. The summed E-state index contributed by atoms with van der Waals surface area (Å²) in [5.41, 5.74) is 5.08. The van der Waals surface area contributed by atoms with Crippen molar-refractivity contribution in [3.8, 4) is 0 Å². The maximum atomic E-state index is 13.1. The molecule has 2 aliphatic rings. The highest BCUT2D eigenvalue weighted by atomic mass is 16.2. The third-order valence-electron chi connectivity index (χ3n) is 5.76. The summed E-state index contributed by atoms with van der Waals surface area (Å²) >= 11 is 0. The minimum absolute atomic E-state index is 0.105. The number of carbonyl (C=O) groups excluding carboxylic acids is 1. The number of hydrogen-bond acceptors (Lipinski definition) is 2. The van der Waals surface area contributed by atoms with Crippen LogP contribution in [0.25, 0.3) is 0 Å². The van der Waals surface area contributed by atoms with Crippen LogP contribution >= 0.6 is 0 Å². The first-order chi connectivity index (χ1) is 11.5. The number of likely N-dealkylation sites (tertiary alicyclic amines) is 1. The molecule has 0 radical (unpaired) electrons. The minimum atomic E-state index is 0.105. The molecular formula is C20H25N3O. The Balaban J connectivity index is 1.52. The Bertz CT molecular complexity index is 762. The van der Waals surface area contributed by atoms with Crippen molar-refractivity contribution in [2.24, 2.45) is 18.9 Å². The van der Waals surface area contributed by atoms with Crippen molar-refractivity contribution in [1.29, 1.82) is 0 Å². The molecule has 2 aromatic rings. The van der Waals surface area contributed by atoms with E-state index in [0.717, 1.165) is 25.8 Å². The normalized spacial score (nSPS) is 26.0. The monoisotopic (exact) mass is 323 g/mol. The lowest BCUT2D eigenvalue weighted by Gasteiger charge is -2.48. The molecular weight excluding hydrogens is 298 g/mol. The number of benzene rings is 1. The highest BCUT2D eigenvalue weighted by Gasteiger charge is 2.42. The Labute approximate surface area is 143 Å². The maximum Gasteiger partial charge on any atom is 0.226 e. The highest BCUT2D eigenvalue weighted by molar-refractivity contribution is 5.81. The first kappa shape index (κ1) is 15.4. The van der Waals surface area contributed by atoms with Gasteiger partial charge in [-0.05, 0) is 36.8 Å². The second-order valence-electron chi connectivity index (χ2n) is 7.50. The average molecular weight is 323 g/mol. The molecule has 0 bridgehead atoms. The van der Waals surface area contributed by atoms with E-state index in [4.69, 9.17) is 0 Å². The fraction of sp³-hybridized carbons (Fsp3) is 0.500. The molecule has 1 aliphatic carbocycles. The van der Waals surface area contributed by atoms with Gasteiger partial charge in [-0.15, -0.1) is 0 Å². The molecule has 4 heteroatoms. The van der Waals surface area contributed by atoms with E-state index in [1.165, 1.54) is 22.4 Å². The molecule has 0 spiro atoms. The van der Waals surface area contributed by atoms with Crippen LogP contribution in [0.4, 0.5) is 0 Å². The quantitative estimate of drug-likeness (QED) is 0.852. The fourth-order valence-corrected chi connectivity index (χ4v) is 4.28. The van der Waals surface area contributed by atoms with Crippen LogP contribution in [-0.4, -0.2) is 27.1 Å². The first-order valence-electron chi connectivity index (χ1n) is 8.91. The number of carbonyl (C=O) groups is 1. The molecule has 4 rings (SSSR count). The summed E-state index contributed by atoms with van der Waals surface area (Å²) in [4.78, 5) is 15.2. The van der Waals surface area contributed by atoms with Gasteiger partial charge in [0.2, 0.25) is 5.91 Å². The Morgan fingerprint density at radius 2 is 2.00 bits per heavy atom. The van der Waals surface area contributed by atoms with E-state index >= 15 is 0 Å². The highest BCUT2D eigenvalue weighted by Crippen LogP contribution is 2.40. The van der Waals surface area contributed by atoms with Crippen LogP contribution in [0.15, 0.2) is 30.5 Å². The van der Waals surface area contributed by atoms with Crippen molar-refractivity contribution in [3.63, 3.8) is 0 Å². The van der Waals surface area contributed by atoms with Crippen LogP contribution < -0.4 is 0 Å². The molecule has 1 saturated heterocycles. The van der Waals surface area contributed by atoms with Gasteiger partial charge in [-0.25, -0.2) is 0 Å². The Morgan fingerprint density at radius 3 is 2.71 bits per heavy atom. The molecule has 1 amide bonds. The van der Waals surface area contributed by atoms with E-state index in [1.807, 2.05) is 17.9 Å². The summed E-state index contributed by atoms with van der Waals surface area (Å²) in [6.45, 7) is 5.23. The van der Waals surface area contributed by atoms with Gasteiger partial charge in [-0.3, -0.25) is 9.48 Å². The van der Waals surface area contributed by atoms with Crippen LogP contribution in [0, 0.1) is 18.8 Å². The van der Waals surface area contributed by atoms with Crippen molar-refractivity contribution in [2.75, 3.05) is 6.54 Å². The van der Waals surface area contributed by atoms with Crippen LogP contribution in [0.1, 0.15) is 41.8 Å². The van der Waals surface area contributed by atoms with Crippen molar-refractivity contribution in [3.05, 3.63) is 52.8 Å². The van der Waals surface area contributed by atoms with Crippen LogP contribution in [0.2, 0.25) is 0 Å². The number of amides is 1. The van der Waals surface area contributed by atoms with E-state index in [2.05, 4.69) is 48.1 Å². The third-order valence-corrected chi connectivity index (χ3v) is 5.76. The molecule has 2 heterocycles. The van der Waals surface area contributed by atoms with Gasteiger partial charge >= 0.3 is 0 Å². The van der Waals surface area contributed by atoms with E-state index in [1.54, 1.807) is 0 Å². The first-order valence-corrected chi connectivity index (χ1v) is 8.91. The SMILES string of the molecule is Cc1ccc(C2C(C)CN2C(=O)C2CCc3cnn(C)c3C2)cc1. The zero-order valence-corrected chi connectivity index (χ0v) is 14.7. The number of nitrogens with zero attached hydrogens (tertiary/aromatic N) is 3. The predicted molar refractivity (Wildman–Crippen MR) is 93.5 cm³/mol. The lowest BCUT2D eigenvalue weighted by Crippen LogP contribution is -2.54. The molecule has 1 fully saturated rings. The average Bonchev–Trinajstić information content (AvgIpc) is 2.94. The summed E-state index contributed by atoms with van der Waals surface area (Å²) < 4.78 is 1.94.